The lowest BCUT2D eigenvalue weighted by Crippen LogP contribution is -2.56. The molecule has 0 aromatic carbocycles. The van der Waals surface area contributed by atoms with E-state index in [-0.39, 0.29) is 6.42 Å². The smallest absolute Gasteiger partial charge is 0.460 e. The third-order valence-corrected chi connectivity index (χ3v) is 6.74. The van der Waals surface area contributed by atoms with Gasteiger partial charge in [-0.1, -0.05) is 142 Å². The van der Waals surface area contributed by atoms with Crippen LogP contribution in [0, 0.1) is 0 Å². The van der Waals surface area contributed by atoms with Crippen LogP contribution in [-0.2, 0) is 9.53 Å². The first-order valence-corrected chi connectivity index (χ1v) is 14.5. The second-order valence-electron chi connectivity index (χ2n) is 10.2. The van der Waals surface area contributed by atoms with Crippen molar-refractivity contribution in [3.63, 3.8) is 0 Å². The summed E-state index contributed by atoms with van der Waals surface area (Å²) in [5.74, 6) is -15.3. The molecule has 0 atom stereocenters. The molecule has 0 bridgehead atoms. The fraction of sp³-hybridized carbons (Fsp3) is 0.964. The Bertz CT molecular complexity index is 551. The Labute approximate surface area is 219 Å². The number of hydrogen-bond acceptors (Lipinski definition) is 2. The van der Waals surface area contributed by atoms with Crippen LogP contribution in [-0.4, -0.2) is 30.6 Å². The minimum atomic E-state index is -6.54. The van der Waals surface area contributed by atoms with E-state index in [1.807, 2.05) is 0 Å². The zero-order valence-corrected chi connectivity index (χ0v) is 22.7. The van der Waals surface area contributed by atoms with E-state index in [1.165, 1.54) is 103 Å². The number of carbonyl (C=O) groups excluding carboxylic acids is 1. The van der Waals surface area contributed by atoms with Crippen molar-refractivity contribution >= 4 is 5.97 Å². The number of rotatable bonds is 25. The number of unbranched alkanes of at least 4 members (excludes halogenated alkanes) is 21. The van der Waals surface area contributed by atoms with Crippen molar-refractivity contribution in [2.24, 2.45) is 0 Å². The second-order valence-corrected chi connectivity index (χ2v) is 10.2. The molecule has 2 nitrogen and oxygen atoms in total. The van der Waals surface area contributed by atoms with Gasteiger partial charge in [0, 0.05) is 0 Å². The molecule has 0 radical (unpaired) electrons. The molecule has 0 aliphatic rings. The molecule has 0 aliphatic heterocycles. The van der Waals surface area contributed by atoms with E-state index in [0.29, 0.717) is 6.42 Å². The van der Waals surface area contributed by atoms with E-state index in [9.17, 15) is 35.5 Å². The van der Waals surface area contributed by atoms with Crippen molar-refractivity contribution in [3.8, 4) is 0 Å². The van der Waals surface area contributed by atoms with E-state index in [0.717, 1.165) is 25.7 Å². The van der Waals surface area contributed by atoms with Gasteiger partial charge in [0.15, 0.2) is 0 Å². The molecule has 0 amide bonds. The van der Waals surface area contributed by atoms with E-state index >= 15 is 0 Å². The summed E-state index contributed by atoms with van der Waals surface area (Å²) >= 11 is 0. The average Bonchev–Trinajstić information content (AvgIpc) is 2.83. The molecular weight excluding hydrogens is 501 g/mol. The quantitative estimate of drug-likeness (QED) is 0.0642. The molecule has 0 fully saturated rings. The van der Waals surface area contributed by atoms with E-state index in [1.54, 1.807) is 0 Å². The Hall–Kier alpha value is -1.02. The normalized spacial score (nSPS) is 12.8. The van der Waals surface area contributed by atoms with Gasteiger partial charge in [-0.05, 0) is 6.42 Å². The third-order valence-electron chi connectivity index (χ3n) is 6.74. The fourth-order valence-electron chi connectivity index (χ4n) is 4.27. The Morgan fingerprint density at radius 3 is 1.03 bits per heavy atom. The zero-order chi connectivity index (χ0) is 28.0. The summed E-state index contributed by atoms with van der Waals surface area (Å²) in [6.45, 7) is 1.64. The summed E-state index contributed by atoms with van der Waals surface area (Å²) in [4.78, 5) is 11.0. The summed E-state index contributed by atoms with van der Waals surface area (Å²) in [6, 6.07) is 0. The largest absolute Gasteiger partial charge is 0.461 e. The number of esters is 1. The summed E-state index contributed by atoms with van der Waals surface area (Å²) < 4.78 is 91.9. The molecule has 0 spiro atoms. The highest BCUT2D eigenvalue weighted by atomic mass is 19.4. The van der Waals surface area contributed by atoms with Crippen LogP contribution in [0.15, 0.2) is 0 Å². The van der Waals surface area contributed by atoms with Gasteiger partial charge in [0.1, 0.15) is 0 Å². The summed E-state index contributed by atoms with van der Waals surface area (Å²) in [7, 11) is 0. The molecule has 0 saturated carbocycles. The summed E-state index contributed by atoms with van der Waals surface area (Å²) in [5, 5.41) is 0. The van der Waals surface area contributed by atoms with Gasteiger partial charge in [-0.3, -0.25) is 0 Å². The zero-order valence-electron chi connectivity index (χ0n) is 22.7. The van der Waals surface area contributed by atoms with Crippen molar-refractivity contribution in [1.29, 1.82) is 0 Å². The maximum atomic E-state index is 13.1. The van der Waals surface area contributed by atoms with Crippen LogP contribution in [0.4, 0.5) is 30.7 Å². The number of hydrogen-bond donors (Lipinski definition) is 0. The van der Waals surface area contributed by atoms with Crippen molar-refractivity contribution in [2.45, 2.75) is 166 Å². The molecule has 37 heavy (non-hydrogen) atoms. The van der Waals surface area contributed by atoms with Gasteiger partial charge < -0.3 is 4.74 Å². The van der Waals surface area contributed by atoms with Gasteiger partial charge in [-0.2, -0.15) is 30.7 Å². The van der Waals surface area contributed by atoms with Crippen molar-refractivity contribution in [2.75, 3.05) is 6.61 Å². The van der Waals surface area contributed by atoms with Gasteiger partial charge in [-0.15, -0.1) is 0 Å². The van der Waals surface area contributed by atoms with Crippen molar-refractivity contribution in [1.82, 2.24) is 0 Å². The maximum absolute atomic E-state index is 13.1. The molecule has 0 aromatic rings. The van der Waals surface area contributed by atoms with Crippen LogP contribution >= 0.6 is 0 Å². The molecular formula is C28H49F7O2. The van der Waals surface area contributed by atoms with Crippen molar-refractivity contribution < 1.29 is 40.3 Å². The minimum absolute atomic E-state index is 0.137. The molecule has 0 aromatic heterocycles. The van der Waals surface area contributed by atoms with E-state index in [4.69, 9.17) is 0 Å². The van der Waals surface area contributed by atoms with E-state index < -0.39 is 30.6 Å². The predicted molar refractivity (Wildman–Crippen MR) is 134 cm³/mol. The maximum Gasteiger partial charge on any atom is 0.460 e. The van der Waals surface area contributed by atoms with Crippen LogP contribution in [0.5, 0.6) is 0 Å². The monoisotopic (exact) mass is 550 g/mol. The SMILES string of the molecule is CCCCCCCCCCCCCCCCCCCCCCCCOC(=O)C(F)(F)C(F)(F)C(F)(F)F. The summed E-state index contributed by atoms with van der Waals surface area (Å²) in [6.07, 6.45) is 19.2. The molecule has 0 N–H and O–H groups in total. The van der Waals surface area contributed by atoms with Crippen LogP contribution in [0.1, 0.15) is 148 Å². The first-order valence-electron chi connectivity index (χ1n) is 14.5. The molecule has 222 valence electrons. The van der Waals surface area contributed by atoms with Crippen LogP contribution in [0.25, 0.3) is 0 Å². The van der Waals surface area contributed by atoms with Crippen LogP contribution in [0.3, 0.4) is 0 Å². The Kier molecular flexibility index (Phi) is 20.3. The van der Waals surface area contributed by atoms with Crippen molar-refractivity contribution in [3.05, 3.63) is 0 Å². The second kappa shape index (κ2) is 20.9. The molecule has 0 unspecified atom stereocenters. The Morgan fingerprint density at radius 2 is 0.757 bits per heavy atom. The molecule has 9 heteroatoms. The van der Waals surface area contributed by atoms with Gasteiger partial charge in [0.2, 0.25) is 0 Å². The van der Waals surface area contributed by atoms with Gasteiger partial charge in [0.25, 0.3) is 0 Å². The lowest BCUT2D eigenvalue weighted by Gasteiger charge is -2.26. The molecule has 0 aliphatic carbocycles. The van der Waals surface area contributed by atoms with Crippen LogP contribution < -0.4 is 0 Å². The first kappa shape index (κ1) is 36.0. The van der Waals surface area contributed by atoms with Gasteiger partial charge in [0.05, 0.1) is 6.61 Å². The van der Waals surface area contributed by atoms with E-state index in [2.05, 4.69) is 11.7 Å². The number of halogens is 7. The lowest BCUT2D eigenvalue weighted by molar-refractivity contribution is -0.348. The molecule has 0 heterocycles. The highest BCUT2D eigenvalue weighted by Crippen LogP contribution is 2.47. The fourth-order valence-corrected chi connectivity index (χ4v) is 4.27. The average molecular weight is 551 g/mol. The lowest BCUT2D eigenvalue weighted by atomic mass is 10.0. The first-order chi connectivity index (χ1) is 17.5. The third kappa shape index (κ3) is 16.5. The van der Waals surface area contributed by atoms with Gasteiger partial charge in [-0.25, -0.2) is 4.79 Å². The predicted octanol–water partition coefficient (Wildman–Crippen LogP) is 11.0. The summed E-state index contributed by atoms with van der Waals surface area (Å²) in [5.41, 5.74) is 0. The topological polar surface area (TPSA) is 26.3 Å². The minimum Gasteiger partial charge on any atom is -0.461 e. The highest BCUT2D eigenvalue weighted by Gasteiger charge is 2.77. The molecule has 0 saturated heterocycles. The number of carbonyl (C=O) groups is 1. The number of ether oxygens (including phenoxy) is 1. The Morgan fingerprint density at radius 1 is 0.486 bits per heavy atom. The highest BCUT2D eigenvalue weighted by molar-refractivity contribution is 5.79. The Balaban J connectivity index is 3.43. The van der Waals surface area contributed by atoms with Gasteiger partial charge >= 0.3 is 24.0 Å². The van der Waals surface area contributed by atoms with Crippen LogP contribution in [0.2, 0.25) is 0 Å². The molecule has 0 rings (SSSR count). The number of alkyl halides is 7. The standard InChI is InChI=1S/C28H49F7O2/c1-2-3-4-5-6-7-8-9-10-11-12-13-14-15-16-17-18-19-20-21-22-23-24-37-25(36)26(29,30)27(31,32)28(33,34)35/h2-24H2,1H3.